The molecule has 6 heteroatoms. The maximum atomic E-state index is 13.2. The fraction of sp³-hybridized carbons (Fsp3) is 0.316. The zero-order valence-corrected chi connectivity index (χ0v) is 14.7. The number of anilines is 1. The number of carbonyl (C=O) groups excluding carboxylic acids is 1. The van der Waals surface area contributed by atoms with Crippen LogP contribution in [0.2, 0.25) is 0 Å². The normalized spacial score (nSPS) is 14.3. The van der Waals surface area contributed by atoms with Gasteiger partial charge in [0.05, 0.1) is 10.8 Å². The number of nitrogens with zero attached hydrogens (tertiary/aromatic N) is 2. The van der Waals surface area contributed by atoms with Gasteiger partial charge in [-0.2, -0.15) is 5.26 Å². The van der Waals surface area contributed by atoms with Crippen LogP contribution in [0, 0.1) is 17.1 Å². The predicted octanol–water partition coefficient (Wildman–Crippen LogP) is 4.09. The van der Waals surface area contributed by atoms with Crippen molar-refractivity contribution in [2.75, 3.05) is 5.32 Å². The largest absolute Gasteiger partial charge is 0.325 e. The second kappa shape index (κ2) is 7.66. The van der Waals surface area contributed by atoms with Crippen LogP contribution in [0.4, 0.5) is 10.1 Å². The zero-order chi connectivity index (χ0) is 17.8. The molecule has 1 aromatic heterocycles. The number of hydrogen-bond donors (Lipinski definition) is 1. The average Bonchev–Trinajstić information content (AvgIpc) is 2.61. The van der Waals surface area contributed by atoms with Crippen LogP contribution in [0.1, 0.15) is 36.6 Å². The number of rotatable bonds is 4. The monoisotopic (exact) mass is 355 g/mol. The van der Waals surface area contributed by atoms with Crippen molar-refractivity contribution >= 4 is 23.4 Å². The van der Waals surface area contributed by atoms with E-state index in [1.54, 1.807) is 19.1 Å². The molecule has 3 rings (SSSR count). The molecule has 1 amide bonds. The third kappa shape index (κ3) is 4.18. The number of hydrogen-bond acceptors (Lipinski definition) is 4. The van der Waals surface area contributed by atoms with Gasteiger partial charge in [-0.3, -0.25) is 4.79 Å². The fourth-order valence-corrected chi connectivity index (χ4v) is 3.71. The molecule has 1 unspecified atom stereocenters. The molecule has 128 valence electrons. The molecule has 0 bridgehead atoms. The second-order valence-electron chi connectivity index (χ2n) is 6.03. The summed E-state index contributed by atoms with van der Waals surface area (Å²) in [6, 6.07) is 9.86. The van der Waals surface area contributed by atoms with E-state index in [-0.39, 0.29) is 5.91 Å². The van der Waals surface area contributed by atoms with Crippen LogP contribution in [-0.4, -0.2) is 16.1 Å². The Morgan fingerprint density at radius 1 is 1.36 bits per heavy atom. The second-order valence-corrected chi connectivity index (χ2v) is 7.35. The van der Waals surface area contributed by atoms with Crippen molar-refractivity contribution in [3.05, 3.63) is 53.0 Å². The van der Waals surface area contributed by atoms with Crippen LogP contribution in [0.15, 0.2) is 35.4 Å². The van der Waals surface area contributed by atoms with Crippen molar-refractivity contribution in [2.24, 2.45) is 0 Å². The molecule has 1 atom stereocenters. The molecular weight excluding hydrogens is 337 g/mol. The Hall–Kier alpha value is -2.39. The lowest BCUT2D eigenvalue weighted by atomic mass is 9.95. The van der Waals surface area contributed by atoms with E-state index in [2.05, 4.69) is 16.4 Å². The van der Waals surface area contributed by atoms with Crippen LogP contribution in [0.5, 0.6) is 0 Å². The number of aromatic nitrogens is 1. The Morgan fingerprint density at radius 2 is 2.16 bits per heavy atom. The van der Waals surface area contributed by atoms with Gasteiger partial charge < -0.3 is 5.32 Å². The first-order valence-corrected chi connectivity index (χ1v) is 9.11. The van der Waals surface area contributed by atoms with Crippen LogP contribution in [-0.2, 0) is 17.6 Å². The van der Waals surface area contributed by atoms with Gasteiger partial charge in [0.1, 0.15) is 16.9 Å². The predicted molar refractivity (Wildman–Crippen MR) is 95.9 cm³/mol. The Kier molecular flexibility index (Phi) is 5.34. The molecule has 25 heavy (non-hydrogen) atoms. The summed E-state index contributed by atoms with van der Waals surface area (Å²) in [6.45, 7) is 1.75. The minimum Gasteiger partial charge on any atom is -0.325 e. The van der Waals surface area contributed by atoms with E-state index in [0.29, 0.717) is 16.3 Å². The number of pyridine rings is 1. The van der Waals surface area contributed by atoms with E-state index < -0.39 is 11.1 Å². The highest BCUT2D eigenvalue weighted by atomic mass is 32.2. The smallest absolute Gasteiger partial charge is 0.237 e. The first-order chi connectivity index (χ1) is 12.1. The molecule has 0 radical (unpaired) electrons. The summed E-state index contributed by atoms with van der Waals surface area (Å²) in [4.78, 5) is 17.0. The van der Waals surface area contributed by atoms with E-state index in [1.807, 2.05) is 6.07 Å². The lowest BCUT2D eigenvalue weighted by Crippen LogP contribution is -2.23. The maximum Gasteiger partial charge on any atom is 0.237 e. The van der Waals surface area contributed by atoms with Crippen molar-refractivity contribution in [1.29, 1.82) is 5.26 Å². The number of halogens is 1. The lowest BCUT2D eigenvalue weighted by Gasteiger charge is -2.18. The SMILES string of the molecule is CC(Sc1nc2c(cc1C#N)CCCC2)C(=O)Nc1cccc(F)c1. The molecule has 0 spiro atoms. The summed E-state index contributed by atoms with van der Waals surface area (Å²) >= 11 is 1.26. The fourth-order valence-electron chi connectivity index (χ4n) is 2.82. The van der Waals surface area contributed by atoms with E-state index >= 15 is 0 Å². The third-order valence-corrected chi connectivity index (χ3v) is 5.24. The molecule has 1 N–H and O–H groups in total. The molecule has 4 nitrogen and oxygen atoms in total. The molecule has 0 saturated heterocycles. The number of amides is 1. The Bertz CT molecular complexity index is 847. The number of carbonyl (C=O) groups is 1. The molecule has 0 aliphatic heterocycles. The highest BCUT2D eigenvalue weighted by molar-refractivity contribution is 8.00. The number of aryl methyl sites for hydroxylation is 2. The van der Waals surface area contributed by atoms with Gasteiger partial charge in [-0.25, -0.2) is 9.37 Å². The molecule has 1 heterocycles. The van der Waals surface area contributed by atoms with E-state index in [9.17, 15) is 14.4 Å². The van der Waals surface area contributed by atoms with Crippen molar-refractivity contribution < 1.29 is 9.18 Å². The minimum atomic E-state index is -0.454. The molecule has 1 aliphatic carbocycles. The molecule has 0 fully saturated rings. The Labute approximate surface area is 150 Å². The quantitative estimate of drug-likeness (QED) is 0.839. The van der Waals surface area contributed by atoms with E-state index in [1.165, 1.54) is 23.9 Å². The Morgan fingerprint density at radius 3 is 2.92 bits per heavy atom. The first-order valence-electron chi connectivity index (χ1n) is 8.23. The van der Waals surface area contributed by atoms with Crippen LogP contribution >= 0.6 is 11.8 Å². The average molecular weight is 355 g/mol. The summed E-state index contributed by atoms with van der Waals surface area (Å²) in [6.07, 6.45) is 4.10. The summed E-state index contributed by atoms with van der Waals surface area (Å²) in [5.41, 5.74) is 3.10. The highest BCUT2D eigenvalue weighted by Crippen LogP contribution is 2.30. The van der Waals surface area contributed by atoms with Gasteiger partial charge in [0.25, 0.3) is 0 Å². The van der Waals surface area contributed by atoms with E-state index in [0.717, 1.165) is 36.9 Å². The van der Waals surface area contributed by atoms with Crippen LogP contribution in [0.25, 0.3) is 0 Å². The summed E-state index contributed by atoms with van der Waals surface area (Å²) in [5, 5.41) is 12.2. The number of nitrogens with one attached hydrogen (secondary N) is 1. The summed E-state index contributed by atoms with van der Waals surface area (Å²) < 4.78 is 13.2. The summed E-state index contributed by atoms with van der Waals surface area (Å²) in [7, 11) is 0. The van der Waals surface area contributed by atoms with Crippen molar-refractivity contribution in [3.8, 4) is 6.07 Å². The molecule has 1 aliphatic rings. The van der Waals surface area contributed by atoms with Gasteiger partial charge in [0.2, 0.25) is 5.91 Å². The Balaban J connectivity index is 1.75. The number of nitriles is 1. The van der Waals surface area contributed by atoms with Gasteiger partial charge >= 0.3 is 0 Å². The summed E-state index contributed by atoms with van der Waals surface area (Å²) in [5.74, 6) is -0.653. The van der Waals surface area contributed by atoms with Gasteiger partial charge in [0, 0.05) is 11.4 Å². The standard InChI is InChI=1S/C19H18FN3OS/c1-12(18(24)22-16-7-4-6-15(20)10-16)25-19-14(11-21)9-13-5-2-3-8-17(13)23-19/h4,6-7,9-10,12H,2-3,5,8H2,1H3,(H,22,24). The van der Waals surface area contributed by atoms with Gasteiger partial charge in [0.15, 0.2) is 0 Å². The van der Waals surface area contributed by atoms with Gasteiger partial charge in [-0.15, -0.1) is 0 Å². The highest BCUT2D eigenvalue weighted by Gasteiger charge is 2.20. The number of fused-ring (bicyclic) bond motifs is 1. The van der Waals surface area contributed by atoms with Gasteiger partial charge in [-0.05, 0) is 62.4 Å². The zero-order valence-electron chi connectivity index (χ0n) is 13.9. The van der Waals surface area contributed by atoms with Crippen molar-refractivity contribution in [1.82, 2.24) is 4.98 Å². The third-order valence-electron chi connectivity index (χ3n) is 4.14. The molecule has 2 aromatic rings. The molecular formula is C19H18FN3OS. The minimum absolute atomic E-state index is 0.251. The first kappa shape index (κ1) is 17.4. The molecule has 0 saturated carbocycles. The van der Waals surface area contributed by atoms with Crippen molar-refractivity contribution in [3.63, 3.8) is 0 Å². The topological polar surface area (TPSA) is 65.8 Å². The molecule has 1 aromatic carbocycles. The van der Waals surface area contributed by atoms with Crippen LogP contribution in [0.3, 0.4) is 0 Å². The van der Waals surface area contributed by atoms with Crippen LogP contribution < -0.4 is 5.32 Å². The number of benzene rings is 1. The van der Waals surface area contributed by atoms with Crippen molar-refractivity contribution in [2.45, 2.75) is 42.9 Å². The maximum absolute atomic E-state index is 13.2. The van der Waals surface area contributed by atoms with Gasteiger partial charge in [-0.1, -0.05) is 17.8 Å². The van der Waals surface area contributed by atoms with E-state index in [4.69, 9.17) is 0 Å². The lowest BCUT2D eigenvalue weighted by molar-refractivity contribution is -0.115. The number of thioether (sulfide) groups is 1.